The average Bonchev–Trinajstić information content (AvgIpc) is 3.26. The maximum Gasteiger partial charge on any atom is 0.220 e. The molecule has 1 heterocycles. The van der Waals surface area contributed by atoms with Crippen molar-refractivity contribution >= 4 is 5.91 Å². The number of carbonyl (C=O) groups is 1. The fourth-order valence-corrected chi connectivity index (χ4v) is 7.53. The van der Waals surface area contributed by atoms with Crippen molar-refractivity contribution in [3.8, 4) is 0 Å². The third kappa shape index (κ3) is 32.2. The van der Waals surface area contributed by atoms with E-state index in [-0.39, 0.29) is 12.5 Å². The maximum absolute atomic E-state index is 13.0. The van der Waals surface area contributed by atoms with E-state index >= 15 is 0 Å². The Labute approximate surface area is 373 Å². The number of aliphatic hydroxyl groups excluding tert-OH is 5. The molecule has 1 aliphatic heterocycles. The van der Waals surface area contributed by atoms with Crippen LogP contribution in [0.4, 0.5) is 0 Å². The smallest absolute Gasteiger partial charge is 0.220 e. The minimum Gasteiger partial charge on any atom is -0.394 e. The molecule has 0 bridgehead atoms. The lowest BCUT2D eigenvalue weighted by atomic mass is 9.99. The van der Waals surface area contributed by atoms with Gasteiger partial charge in [-0.05, 0) is 70.6 Å². The molecule has 0 aromatic carbocycles. The quantitative estimate of drug-likeness (QED) is 0.0263. The van der Waals surface area contributed by atoms with Crippen molar-refractivity contribution in [1.82, 2.24) is 5.32 Å². The summed E-state index contributed by atoms with van der Waals surface area (Å²) >= 11 is 0. The molecule has 9 heteroatoms. The van der Waals surface area contributed by atoms with Crippen LogP contribution in [0.25, 0.3) is 0 Å². The van der Waals surface area contributed by atoms with Crippen molar-refractivity contribution in [3.05, 3.63) is 60.8 Å². The van der Waals surface area contributed by atoms with E-state index in [2.05, 4.69) is 67.8 Å². The summed E-state index contributed by atoms with van der Waals surface area (Å²) in [4.78, 5) is 13.0. The molecular weight excluding hydrogens is 767 g/mol. The van der Waals surface area contributed by atoms with E-state index in [0.29, 0.717) is 6.42 Å². The van der Waals surface area contributed by atoms with Crippen molar-refractivity contribution in [2.75, 3.05) is 13.2 Å². The highest BCUT2D eigenvalue weighted by Crippen LogP contribution is 2.22. The van der Waals surface area contributed by atoms with Crippen LogP contribution >= 0.6 is 0 Å². The minimum atomic E-state index is -1.57. The summed E-state index contributed by atoms with van der Waals surface area (Å²) in [6.07, 6.45) is 48.5. The Kier molecular flexibility index (Phi) is 39.1. The fourth-order valence-electron chi connectivity index (χ4n) is 7.53. The van der Waals surface area contributed by atoms with E-state index in [0.717, 1.165) is 51.4 Å². The van der Waals surface area contributed by atoms with Crippen molar-refractivity contribution in [1.29, 1.82) is 0 Å². The van der Waals surface area contributed by atoms with Gasteiger partial charge in [-0.25, -0.2) is 0 Å². The van der Waals surface area contributed by atoms with Crippen LogP contribution in [0.5, 0.6) is 0 Å². The number of hydrogen-bond donors (Lipinski definition) is 6. The number of amides is 1. The Morgan fingerprint density at radius 2 is 0.984 bits per heavy atom. The summed E-state index contributed by atoms with van der Waals surface area (Å²) in [5.41, 5.74) is 0. The first-order chi connectivity index (χ1) is 29.8. The van der Waals surface area contributed by atoms with Crippen molar-refractivity contribution in [2.24, 2.45) is 0 Å². The highest BCUT2D eigenvalue weighted by atomic mass is 16.7. The number of carbonyl (C=O) groups excluding carboxylic acids is 1. The zero-order valence-corrected chi connectivity index (χ0v) is 38.9. The van der Waals surface area contributed by atoms with Crippen molar-refractivity contribution in [2.45, 2.75) is 249 Å². The standard InChI is InChI=1S/C52H93NO8/c1-3-5-7-9-11-13-15-16-17-18-19-20-21-22-23-24-25-26-27-28-29-30-32-34-36-38-40-42-48(56)53-45(44-60-52-51(59)50(58)49(57)47(43-54)61-52)46(55)41-39-37-35-33-31-14-12-10-8-6-4-2/h15-16,18-19,21-22,31,33,39,41,45-47,49-52,54-55,57-59H,3-14,17,20,23-30,32,34-38,40,42-44H2,1-2H3,(H,53,56)/b16-15-,19-18-,22-21-,33-31+,41-39+. The Morgan fingerprint density at radius 3 is 1.49 bits per heavy atom. The van der Waals surface area contributed by atoms with E-state index in [1.807, 2.05) is 6.08 Å². The van der Waals surface area contributed by atoms with Crippen LogP contribution in [0.3, 0.4) is 0 Å². The van der Waals surface area contributed by atoms with Gasteiger partial charge < -0.3 is 40.3 Å². The average molecular weight is 860 g/mol. The minimum absolute atomic E-state index is 0.192. The van der Waals surface area contributed by atoms with Crippen LogP contribution in [-0.4, -0.2) is 87.5 Å². The molecule has 0 spiro atoms. The summed E-state index contributed by atoms with van der Waals surface area (Å²) in [5, 5.41) is 54.1. The monoisotopic (exact) mass is 860 g/mol. The van der Waals surface area contributed by atoms with Crippen molar-refractivity contribution in [3.63, 3.8) is 0 Å². The van der Waals surface area contributed by atoms with Gasteiger partial charge in [0.15, 0.2) is 6.29 Å². The summed E-state index contributed by atoms with van der Waals surface area (Å²) in [5.74, 6) is -0.192. The van der Waals surface area contributed by atoms with Crippen LogP contribution < -0.4 is 5.32 Å². The van der Waals surface area contributed by atoms with Gasteiger partial charge in [0.05, 0.1) is 25.4 Å². The zero-order valence-electron chi connectivity index (χ0n) is 38.9. The van der Waals surface area contributed by atoms with Crippen LogP contribution in [-0.2, 0) is 14.3 Å². The van der Waals surface area contributed by atoms with Gasteiger partial charge >= 0.3 is 0 Å². The number of allylic oxidation sites excluding steroid dienone is 9. The summed E-state index contributed by atoms with van der Waals surface area (Å²) in [6, 6.07) is -0.823. The fraction of sp³-hybridized carbons (Fsp3) is 0.788. The molecule has 0 aromatic rings. The highest BCUT2D eigenvalue weighted by molar-refractivity contribution is 5.76. The number of rotatable bonds is 41. The van der Waals surface area contributed by atoms with Gasteiger partial charge in [0.25, 0.3) is 0 Å². The second-order valence-electron chi connectivity index (χ2n) is 17.2. The number of nitrogens with one attached hydrogen (secondary N) is 1. The Morgan fingerprint density at radius 1 is 0.557 bits per heavy atom. The molecule has 354 valence electrons. The first kappa shape index (κ1) is 56.9. The lowest BCUT2D eigenvalue weighted by Gasteiger charge is -2.40. The Bertz CT molecular complexity index is 1140. The third-order valence-corrected chi connectivity index (χ3v) is 11.6. The predicted molar refractivity (Wildman–Crippen MR) is 253 cm³/mol. The Balaban J connectivity index is 2.23. The summed E-state index contributed by atoms with van der Waals surface area (Å²) < 4.78 is 11.2. The molecular formula is C52H93NO8. The molecule has 0 radical (unpaired) electrons. The van der Waals surface area contributed by atoms with Crippen LogP contribution in [0.15, 0.2) is 60.8 Å². The van der Waals surface area contributed by atoms with Gasteiger partial charge in [-0.1, -0.05) is 190 Å². The molecule has 9 nitrogen and oxygen atoms in total. The van der Waals surface area contributed by atoms with Gasteiger partial charge in [-0.15, -0.1) is 0 Å². The van der Waals surface area contributed by atoms with Crippen LogP contribution in [0.1, 0.15) is 206 Å². The van der Waals surface area contributed by atoms with E-state index in [9.17, 15) is 30.3 Å². The highest BCUT2D eigenvalue weighted by Gasteiger charge is 2.44. The topological polar surface area (TPSA) is 149 Å². The molecule has 1 fully saturated rings. The number of aliphatic hydroxyl groups is 5. The molecule has 1 saturated heterocycles. The van der Waals surface area contributed by atoms with Crippen LogP contribution in [0, 0.1) is 0 Å². The third-order valence-electron chi connectivity index (χ3n) is 11.6. The van der Waals surface area contributed by atoms with E-state index in [1.54, 1.807) is 6.08 Å². The van der Waals surface area contributed by atoms with E-state index in [1.165, 1.54) is 135 Å². The summed E-state index contributed by atoms with van der Waals surface area (Å²) in [7, 11) is 0. The molecule has 7 unspecified atom stereocenters. The first-order valence-corrected chi connectivity index (χ1v) is 25.0. The normalized spacial score (nSPS) is 20.9. The van der Waals surface area contributed by atoms with Crippen molar-refractivity contribution < 1.29 is 39.8 Å². The largest absolute Gasteiger partial charge is 0.394 e. The molecule has 0 saturated carbocycles. The van der Waals surface area contributed by atoms with Gasteiger partial charge in [0.1, 0.15) is 24.4 Å². The predicted octanol–water partition coefficient (Wildman–Crippen LogP) is 11.2. The lowest BCUT2D eigenvalue weighted by molar-refractivity contribution is -0.302. The SMILES string of the molecule is CCCCCCC/C=C\C/C=C\C/C=C\CCCCCCCCCCCCCCC(=O)NC(COC1OC(CO)C(O)C(O)C1O)C(O)/C=C/CC/C=C/CCCCCCC. The Hall–Kier alpha value is -2.11. The molecule has 0 aliphatic carbocycles. The number of hydrogen-bond acceptors (Lipinski definition) is 8. The molecule has 61 heavy (non-hydrogen) atoms. The molecule has 1 rings (SSSR count). The second kappa shape index (κ2) is 41.9. The second-order valence-corrected chi connectivity index (χ2v) is 17.2. The van der Waals surface area contributed by atoms with Gasteiger partial charge in [-0.2, -0.15) is 0 Å². The number of unbranched alkanes of at least 4 members (excludes halogenated alkanes) is 23. The molecule has 0 aromatic heterocycles. The van der Waals surface area contributed by atoms with Gasteiger partial charge in [0.2, 0.25) is 5.91 Å². The molecule has 1 aliphatic rings. The van der Waals surface area contributed by atoms with Gasteiger partial charge in [0, 0.05) is 6.42 Å². The lowest BCUT2D eigenvalue weighted by Crippen LogP contribution is -2.60. The van der Waals surface area contributed by atoms with E-state index in [4.69, 9.17) is 9.47 Å². The maximum atomic E-state index is 13.0. The number of ether oxygens (including phenoxy) is 2. The first-order valence-electron chi connectivity index (χ1n) is 25.0. The van der Waals surface area contributed by atoms with Crippen LogP contribution in [0.2, 0.25) is 0 Å². The zero-order chi connectivity index (χ0) is 44.4. The molecule has 6 N–H and O–H groups in total. The molecule has 7 atom stereocenters. The van der Waals surface area contributed by atoms with Gasteiger partial charge in [-0.3, -0.25) is 4.79 Å². The van der Waals surface area contributed by atoms with E-state index < -0.39 is 49.5 Å². The molecule has 1 amide bonds. The summed E-state index contributed by atoms with van der Waals surface area (Å²) in [6.45, 7) is 3.71.